The second-order valence-corrected chi connectivity index (χ2v) is 5.95. The third-order valence-corrected chi connectivity index (χ3v) is 4.74. The van der Waals surface area contributed by atoms with E-state index < -0.39 is 0 Å². The van der Waals surface area contributed by atoms with Crippen molar-refractivity contribution in [3.8, 4) is 0 Å². The monoisotopic (exact) mass is 279 g/mol. The summed E-state index contributed by atoms with van der Waals surface area (Å²) < 4.78 is 11.7. The molecule has 1 saturated carbocycles. The summed E-state index contributed by atoms with van der Waals surface area (Å²) in [6.07, 6.45) is 8.78. The minimum absolute atomic E-state index is 0.0804. The number of morpholine rings is 1. The van der Waals surface area contributed by atoms with E-state index in [0.717, 1.165) is 50.8 Å². The van der Waals surface area contributed by atoms with Crippen LogP contribution in [-0.2, 0) is 14.3 Å². The highest BCUT2D eigenvalue weighted by molar-refractivity contribution is 5.93. The van der Waals surface area contributed by atoms with Gasteiger partial charge in [-0.25, -0.2) is 0 Å². The van der Waals surface area contributed by atoms with Gasteiger partial charge in [-0.2, -0.15) is 0 Å². The van der Waals surface area contributed by atoms with Crippen LogP contribution in [0.5, 0.6) is 0 Å². The number of hydrogen-bond acceptors (Lipinski definition) is 3. The van der Waals surface area contributed by atoms with E-state index in [4.69, 9.17) is 9.47 Å². The first-order valence-electron chi connectivity index (χ1n) is 8.04. The molecule has 0 unspecified atom stereocenters. The number of nitrogens with zero attached hydrogens (tertiary/aromatic N) is 1. The summed E-state index contributed by atoms with van der Waals surface area (Å²) in [5, 5.41) is 0. The van der Waals surface area contributed by atoms with E-state index in [2.05, 4.69) is 11.0 Å². The summed E-state index contributed by atoms with van der Waals surface area (Å²) in [6, 6.07) is 0.218. The number of ether oxygens (including phenoxy) is 2. The van der Waals surface area contributed by atoms with Crippen LogP contribution in [0.4, 0.5) is 0 Å². The van der Waals surface area contributed by atoms with E-state index in [9.17, 15) is 4.79 Å². The van der Waals surface area contributed by atoms with Crippen molar-refractivity contribution in [1.29, 1.82) is 0 Å². The normalized spacial score (nSPS) is 33.8. The molecule has 1 heterocycles. The van der Waals surface area contributed by atoms with Crippen LogP contribution in [0.2, 0.25) is 0 Å². The van der Waals surface area contributed by atoms with Crippen molar-refractivity contribution in [3.63, 3.8) is 0 Å². The van der Waals surface area contributed by atoms with Gasteiger partial charge in [0.15, 0.2) is 0 Å². The Hall–Kier alpha value is -0.870. The zero-order valence-corrected chi connectivity index (χ0v) is 12.3. The SMILES string of the molecule is CCO[C@@H]1CC[C@@H]2[C@H]1OCCN2C(=O)C1=CCCCC1. The number of fused-ring (bicyclic) bond motifs is 1. The molecule has 20 heavy (non-hydrogen) atoms. The highest BCUT2D eigenvalue weighted by Crippen LogP contribution is 2.33. The van der Waals surface area contributed by atoms with Gasteiger partial charge in [0.2, 0.25) is 5.91 Å². The molecule has 4 nitrogen and oxygen atoms in total. The quantitative estimate of drug-likeness (QED) is 0.795. The van der Waals surface area contributed by atoms with Crippen molar-refractivity contribution >= 4 is 5.91 Å². The van der Waals surface area contributed by atoms with Crippen LogP contribution in [0, 0.1) is 0 Å². The Bertz CT molecular complexity index is 393. The predicted octanol–water partition coefficient (Wildman–Crippen LogP) is 2.28. The molecule has 1 aliphatic heterocycles. The largest absolute Gasteiger partial charge is 0.376 e. The van der Waals surface area contributed by atoms with Crippen LogP contribution in [0.15, 0.2) is 11.6 Å². The molecule has 4 heteroatoms. The first-order chi connectivity index (χ1) is 9.81. The zero-order chi connectivity index (χ0) is 13.9. The van der Waals surface area contributed by atoms with Gasteiger partial charge in [-0.15, -0.1) is 0 Å². The van der Waals surface area contributed by atoms with Gasteiger partial charge in [0.25, 0.3) is 0 Å². The summed E-state index contributed by atoms with van der Waals surface area (Å²) in [5.41, 5.74) is 1.02. The molecule has 0 radical (unpaired) electrons. The summed E-state index contributed by atoms with van der Waals surface area (Å²) in [4.78, 5) is 14.8. The van der Waals surface area contributed by atoms with Crippen LogP contribution in [0.1, 0.15) is 45.4 Å². The maximum Gasteiger partial charge on any atom is 0.249 e. The summed E-state index contributed by atoms with van der Waals surface area (Å²) in [6.45, 7) is 4.11. The molecule has 2 aliphatic carbocycles. The van der Waals surface area contributed by atoms with Crippen LogP contribution in [-0.4, -0.2) is 48.8 Å². The highest BCUT2D eigenvalue weighted by atomic mass is 16.5. The Morgan fingerprint density at radius 1 is 1.45 bits per heavy atom. The number of allylic oxidation sites excluding steroid dienone is 1. The first-order valence-corrected chi connectivity index (χ1v) is 8.04. The minimum Gasteiger partial charge on any atom is -0.376 e. The summed E-state index contributed by atoms with van der Waals surface area (Å²) in [5.74, 6) is 0.250. The molecule has 2 fully saturated rings. The van der Waals surface area contributed by atoms with Gasteiger partial charge in [-0.05, 0) is 45.4 Å². The first kappa shape index (κ1) is 14.1. The van der Waals surface area contributed by atoms with Crippen molar-refractivity contribution in [3.05, 3.63) is 11.6 Å². The molecule has 3 atom stereocenters. The van der Waals surface area contributed by atoms with Crippen molar-refractivity contribution in [1.82, 2.24) is 4.90 Å². The molecule has 1 amide bonds. The number of rotatable bonds is 3. The predicted molar refractivity (Wildman–Crippen MR) is 76.4 cm³/mol. The summed E-state index contributed by atoms with van der Waals surface area (Å²) in [7, 11) is 0. The molecule has 0 aromatic heterocycles. The van der Waals surface area contributed by atoms with E-state index in [1.54, 1.807) is 0 Å². The molecule has 0 N–H and O–H groups in total. The second kappa shape index (κ2) is 6.27. The molecular formula is C16H25NO3. The van der Waals surface area contributed by atoms with E-state index in [1.165, 1.54) is 6.42 Å². The maximum absolute atomic E-state index is 12.7. The fraction of sp³-hybridized carbons (Fsp3) is 0.812. The maximum atomic E-state index is 12.7. The Kier molecular flexibility index (Phi) is 4.41. The average Bonchev–Trinajstić information content (AvgIpc) is 2.91. The van der Waals surface area contributed by atoms with Crippen LogP contribution >= 0.6 is 0 Å². The Balaban J connectivity index is 1.70. The fourth-order valence-electron chi connectivity index (χ4n) is 3.78. The van der Waals surface area contributed by atoms with E-state index in [-0.39, 0.29) is 24.2 Å². The number of hydrogen-bond donors (Lipinski definition) is 0. The van der Waals surface area contributed by atoms with Crippen molar-refractivity contribution < 1.29 is 14.3 Å². The number of amides is 1. The smallest absolute Gasteiger partial charge is 0.249 e. The number of carbonyl (C=O) groups excluding carboxylic acids is 1. The lowest BCUT2D eigenvalue weighted by atomic mass is 9.97. The lowest BCUT2D eigenvalue weighted by Gasteiger charge is -2.39. The lowest BCUT2D eigenvalue weighted by molar-refractivity contribution is -0.147. The Morgan fingerprint density at radius 2 is 2.35 bits per heavy atom. The van der Waals surface area contributed by atoms with E-state index in [0.29, 0.717) is 6.61 Å². The molecule has 112 valence electrons. The fourth-order valence-corrected chi connectivity index (χ4v) is 3.78. The van der Waals surface area contributed by atoms with Crippen LogP contribution < -0.4 is 0 Å². The summed E-state index contributed by atoms with van der Waals surface area (Å²) >= 11 is 0. The third kappa shape index (κ3) is 2.63. The van der Waals surface area contributed by atoms with Gasteiger partial charge in [0, 0.05) is 18.7 Å². The molecule has 0 aromatic carbocycles. The van der Waals surface area contributed by atoms with Gasteiger partial charge in [0.05, 0.1) is 18.8 Å². The Labute approximate surface area is 121 Å². The van der Waals surface area contributed by atoms with Gasteiger partial charge in [0.1, 0.15) is 6.10 Å². The van der Waals surface area contributed by atoms with Gasteiger partial charge in [-0.1, -0.05) is 6.08 Å². The van der Waals surface area contributed by atoms with Crippen molar-refractivity contribution in [2.24, 2.45) is 0 Å². The number of carbonyl (C=O) groups is 1. The van der Waals surface area contributed by atoms with E-state index >= 15 is 0 Å². The molecule has 0 aromatic rings. The third-order valence-electron chi connectivity index (χ3n) is 4.74. The van der Waals surface area contributed by atoms with Crippen molar-refractivity contribution in [2.75, 3.05) is 19.8 Å². The van der Waals surface area contributed by atoms with Gasteiger partial charge >= 0.3 is 0 Å². The lowest BCUT2D eigenvalue weighted by Crippen LogP contribution is -2.54. The standard InChI is InChI=1S/C16H25NO3/c1-2-19-14-9-8-13-15(14)20-11-10-17(13)16(18)12-6-4-3-5-7-12/h6,13-15H,2-5,7-11H2,1H3/t13-,14-,15-/m1/s1. The van der Waals surface area contributed by atoms with Gasteiger partial charge in [-0.3, -0.25) is 4.79 Å². The topological polar surface area (TPSA) is 38.8 Å². The van der Waals surface area contributed by atoms with Crippen molar-refractivity contribution in [2.45, 2.75) is 63.7 Å². The zero-order valence-electron chi connectivity index (χ0n) is 12.3. The van der Waals surface area contributed by atoms with Gasteiger partial charge < -0.3 is 14.4 Å². The highest BCUT2D eigenvalue weighted by Gasteiger charge is 2.45. The molecule has 3 aliphatic rings. The molecule has 0 bridgehead atoms. The molecule has 1 saturated heterocycles. The molecular weight excluding hydrogens is 254 g/mol. The minimum atomic E-state index is 0.0804. The second-order valence-electron chi connectivity index (χ2n) is 5.95. The molecule has 0 spiro atoms. The van der Waals surface area contributed by atoms with Crippen LogP contribution in [0.3, 0.4) is 0 Å². The Morgan fingerprint density at radius 3 is 3.10 bits per heavy atom. The average molecular weight is 279 g/mol. The molecule has 3 rings (SSSR count). The van der Waals surface area contributed by atoms with E-state index in [1.807, 2.05) is 6.92 Å². The van der Waals surface area contributed by atoms with Crippen LogP contribution in [0.25, 0.3) is 0 Å².